The number of carbonyl (C=O) groups excluding carboxylic acids is 2. The van der Waals surface area contributed by atoms with Crippen molar-refractivity contribution in [3.63, 3.8) is 0 Å². The summed E-state index contributed by atoms with van der Waals surface area (Å²) in [5, 5.41) is 10.7. The Labute approximate surface area is 142 Å². The van der Waals surface area contributed by atoms with Gasteiger partial charge in [0.05, 0.1) is 5.75 Å². The average Bonchev–Trinajstić information content (AvgIpc) is 3.07. The van der Waals surface area contributed by atoms with Crippen LogP contribution in [-0.2, 0) is 16.1 Å². The summed E-state index contributed by atoms with van der Waals surface area (Å²) >= 11 is 1.22. The fourth-order valence-electron chi connectivity index (χ4n) is 2.11. The van der Waals surface area contributed by atoms with Gasteiger partial charge in [-0.2, -0.15) is 0 Å². The highest BCUT2D eigenvalue weighted by atomic mass is 32.2. The van der Waals surface area contributed by atoms with E-state index in [1.807, 2.05) is 17.6 Å². The van der Waals surface area contributed by atoms with Crippen LogP contribution in [0, 0.1) is 0 Å². The first-order valence-corrected chi connectivity index (χ1v) is 8.38. The highest BCUT2D eigenvalue weighted by molar-refractivity contribution is 7.99. The number of thioether (sulfide) groups is 1. The Kier molecular flexibility index (Phi) is 4.99. The summed E-state index contributed by atoms with van der Waals surface area (Å²) in [5.74, 6) is 0.198. The number of rotatable bonds is 5. The van der Waals surface area contributed by atoms with Crippen LogP contribution in [0.2, 0.25) is 0 Å². The Balaban J connectivity index is 1.51. The van der Waals surface area contributed by atoms with Crippen LogP contribution < -0.4 is 14.8 Å². The number of imide groups is 1. The van der Waals surface area contributed by atoms with E-state index >= 15 is 0 Å². The van der Waals surface area contributed by atoms with E-state index in [9.17, 15) is 9.59 Å². The zero-order chi connectivity index (χ0) is 16.9. The molecule has 0 saturated heterocycles. The lowest BCUT2D eigenvalue weighted by molar-refractivity contribution is -0.135. The quantitative estimate of drug-likeness (QED) is 0.801. The number of carbonyl (C=O) groups is 2. The number of para-hydroxylation sites is 2. The predicted molar refractivity (Wildman–Crippen MR) is 85.9 cm³/mol. The van der Waals surface area contributed by atoms with E-state index in [-0.39, 0.29) is 12.4 Å². The van der Waals surface area contributed by atoms with Crippen molar-refractivity contribution in [2.45, 2.75) is 24.7 Å². The second-order valence-electron chi connectivity index (χ2n) is 4.96. The number of nitrogens with zero attached hydrogens (tertiary/aromatic N) is 3. The van der Waals surface area contributed by atoms with Gasteiger partial charge in [-0.05, 0) is 19.1 Å². The van der Waals surface area contributed by atoms with Crippen LogP contribution in [0.3, 0.4) is 0 Å². The number of nitrogens with one attached hydrogen (secondary N) is 1. The maximum atomic E-state index is 12.1. The second-order valence-corrected chi connectivity index (χ2v) is 5.91. The normalized spacial score (nSPS) is 15.8. The molecular weight excluding hydrogens is 332 g/mol. The molecule has 0 unspecified atom stereocenters. The lowest BCUT2D eigenvalue weighted by atomic mass is 10.2. The van der Waals surface area contributed by atoms with Crippen LogP contribution >= 0.6 is 11.8 Å². The molecule has 0 radical (unpaired) electrons. The molecule has 2 heterocycles. The minimum atomic E-state index is -0.854. The average molecular weight is 348 g/mol. The third-order valence-electron chi connectivity index (χ3n) is 3.32. The van der Waals surface area contributed by atoms with Crippen LogP contribution in [0.5, 0.6) is 11.5 Å². The molecule has 0 fully saturated rings. The maximum Gasteiger partial charge on any atom is 0.271 e. The van der Waals surface area contributed by atoms with Crippen molar-refractivity contribution in [1.82, 2.24) is 20.1 Å². The molecule has 0 aliphatic carbocycles. The molecule has 24 heavy (non-hydrogen) atoms. The minimum Gasteiger partial charge on any atom is -0.485 e. The molecule has 3 rings (SSSR count). The topological polar surface area (TPSA) is 95.3 Å². The molecule has 2 aromatic rings. The highest BCUT2D eigenvalue weighted by Crippen LogP contribution is 2.30. The first-order valence-electron chi connectivity index (χ1n) is 7.40. The fraction of sp³-hybridized carbons (Fsp3) is 0.333. The molecular formula is C15H16N4O4S. The molecule has 9 heteroatoms. The summed E-state index contributed by atoms with van der Waals surface area (Å²) in [5.41, 5.74) is 0. The number of fused-ring (bicyclic) bond motifs is 1. The van der Waals surface area contributed by atoms with Gasteiger partial charge in [0, 0.05) is 6.54 Å². The van der Waals surface area contributed by atoms with Crippen molar-refractivity contribution in [2.24, 2.45) is 0 Å². The number of hydrogen-bond donors (Lipinski definition) is 1. The number of amides is 2. The number of ether oxygens (including phenoxy) is 2. The van der Waals surface area contributed by atoms with Gasteiger partial charge < -0.3 is 14.0 Å². The molecule has 8 nitrogen and oxygen atoms in total. The number of hydrogen-bond acceptors (Lipinski definition) is 7. The molecule has 0 saturated carbocycles. The molecule has 1 aliphatic rings. The zero-order valence-electron chi connectivity index (χ0n) is 13.0. The third kappa shape index (κ3) is 3.67. The summed E-state index contributed by atoms with van der Waals surface area (Å²) in [6.45, 7) is 2.73. The standard InChI is InChI=1S/C15H16N4O4S/c1-2-19-9-16-18-15(19)24-8-13(20)17-14(21)12-7-22-10-5-3-4-6-11(10)23-12/h3-6,9,12H,2,7-8H2,1H3,(H,17,20,21)/t12-/m1/s1. The van der Waals surface area contributed by atoms with E-state index in [1.165, 1.54) is 11.8 Å². The van der Waals surface area contributed by atoms with Crippen LogP contribution in [0.4, 0.5) is 0 Å². The van der Waals surface area contributed by atoms with E-state index in [0.29, 0.717) is 23.2 Å². The predicted octanol–water partition coefficient (Wildman–Crippen LogP) is 0.873. The van der Waals surface area contributed by atoms with Gasteiger partial charge in [0.2, 0.25) is 12.0 Å². The lowest BCUT2D eigenvalue weighted by Crippen LogP contribution is -2.46. The first-order chi connectivity index (χ1) is 11.7. The van der Waals surface area contributed by atoms with Gasteiger partial charge in [-0.25, -0.2) is 0 Å². The SMILES string of the molecule is CCn1cnnc1SCC(=O)NC(=O)[C@H]1COc2ccccc2O1. The molecule has 1 atom stereocenters. The summed E-state index contributed by atoms with van der Waals surface area (Å²) in [7, 11) is 0. The van der Waals surface area contributed by atoms with Gasteiger partial charge in [-0.15, -0.1) is 10.2 Å². The molecule has 2 amide bonds. The van der Waals surface area contributed by atoms with Crippen LogP contribution in [0.1, 0.15) is 6.92 Å². The Hall–Kier alpha value is -2.55. The smallest absolute Gasteiger partial charge is 0.271 e. The Morgan fingerprint density at radius 2 is 2.17 bits per heavy atom. The number of benzene rings is 1. The minimum absolute atomic E-state index is 0.0629. The third-order valence-corrected chi connectivity index (χ3v) is 4.30. The molecule has 0 spiro atoms. The van der Waals surface area contributed by atoms with E-state index in [2.05, 4.69) is 15.5 Å². The van der Waals surface area contributed by atoms with E-state index in [4.69, 9.17) is 9.47 Å². The largest absolute Gasteiger partial charge is 0.485 e. The fourth-order valence-corrected chi connectivity index (χ4v) is 2.89. The molecule has 0 bridgehead atoms. The second kappa shape index (κ2) is 7.35. The summed E-state index contributed by atoms with van der Waals surface area (Å²) < 4.78 is 12.8. The van der Waals surface area contributed by atoms with Crippen molar-refractivity contribution in [3.8, 4) is 11.5 Å². The van der Waals surface area contributed by atoms with Crippen molar-refractivity contribution >= 4 is 23.6 Å². The van der Waals surface area contributed by atoms with Crippen LogP contribution in [0.15, 0.2) is 35.7 Å². The van der Waals surface area contributed by atoms with Crippen molar-refractivity contribution in [3.05, 3.63) is 30.6 Å². The van der Waals surface area contributed by atoms with Crippen molar-refractivity contribution in [2.75, 3.05) is 12.4 Å². The molecule has 1 aromatic carbocycles. The maximum absolute atomic E-state index is 12.1. The van der Waals surface area contributed by atoms with E-state index in [1.54, 1.807) is 24.5 Å². The van der Waals surface area contributed by atoms with E-state index in [0.717, 1.165) is 0 Å². The molecule has 1 aliphatic heterocycles. The van der Waals surface area contributed by atoms with Crippen molar-refractivity contribution < 1.29 is 19.1 Å². The Morgan fingerprint density at radius 3 is 2.96 bits per heavy atom. The van der Waals surface area contributed by atoms with Gasteiger partial charge in [0.25, 0.3) is 5.91 Å². The number of aryl methyl sites for hydroxylation is 1. The highest BCUT2D eigenvalue weighted by Gasteiger charge is 2.28. The van der Waals surface area contributed by atoms with Crippen molar-refractivity contribution in [1.29, 1.82) is 0 Å². The van der Waals surface area contributed by atoms with Gasteiger partial charge in [0.1, 0.15) is 12.9 Å². The lowest BCUT2D eigenvalue weighted by Gasteiger charge is -2.25. The summed E-state index contributed by atoms with van der Waals surface area (Å²) in [4.78, 5) is 24.1. The Bertz CT molecular complexity index is 749. The monoisotopic (exact) mass is 348 g/mol. The zero-order valence-corrected chi connectivity index (χ0v) is 13.8. The summed E-state index contributed by atoms with van der Waals surface area (Å²) in [6, 6.07) is 7.08. The van der Waals surface area contributed by atoms with Crippen LogP contribution in [0.25, 0.3) is 0 Å². The molecule has 1 N–H and O–H groups in total. The number of aromatic nitrogens is 3. The summed E-state index contributed by atoms with van der Waals surface area (Å²) in [6.07, 6.45) is 0.740. The van der Waals surface area contributed by atoms with Gasteiger partial charge in [-0.1, -0.05) is 23.9 Å². The Morgan fingerprint density at radius 1 is 1.38 bits per heavy atom. The molecule has 126 valence electrons. The molecule has 1 aromatic heterocycles. The van der Waals surface area contributed by atoms with Gasteiger partial charge in [-0.3, -0.25) is 14.9 Å². The van der Waals surface area contributed by atoms with E-state index < -0.39 is 17.9 Å². The van der Waals surface area contributed by atoms with Gasteiger partial charge in [0.15, 0.2) is 16.7 Å². The van der Waals surface area contributed by atoms with Crippen LogP contribution in [-0.4, -0.2) is 45.0 Å². The first kappa shape index (κ1) is 16.3. The van der Waals surface area contributed by atoms with Gasteiger partial charge >= 0.3 is 0 Å².